The van der Waals surface area contributed by atoms with Gasteiger partial charge in [-0.3, -0.25) is 9.59 Å². The summed E-state index contributed by atoms with van der Waals surface area (Å²) >= 11 is 0. The second kappa shape index (κ2) is 8.39. The Morgan fingerprint density at radius 3 is 2.44 bits per heavy atom. The van der Waals surface area contributed by atoms with Crippen molar-refractivity contribution in [3.8, 4) is 5.69 Å². The fourth-order valence-electron chi connectivity index (χ4n) is 2.86. The molecule has 1 aliphatic rings. The van der Waals surface area contributed by atoms with Crippen molar-refractivity contribution in [2.24, 2.45) is 5.92 Å². The second-order valence-electron chi connectivity index (χ2n) is 6.06. The summed E-state index contributed by atoms with van der Waals surface area (Å²) in [6, 6.07) is 6.50. The van der Waals surface area contributed by atoms with Gasteiger partial charge in [0.15, 0.2) is 6.61 Å². The Balaban J connectivity index is 1.47. The number of amides is 1. The van der Waals surface area contributed by atoms with Crippen molar-refractivity contribution in [2.45, 2.75) is 12.8 Å². The molecule has 0 spiro atoms. The van der Waals surface area contributed by atoms with E-state index in [1.165, 1.54) is 18.1 Å². The second-order valence-corrected chi connectivity index (χ2v) is 6.06. The third-order valence-corrected chi connectivity index (χ3v) is 4.43. The van der Waals surface area contributed by atoms with Crippen LogP contribution in [0.4, 0.5) is 0 Å². The summed E-state index contributed by atoms with van der Waals surface area (Å²) in [5.74, 6) is -1.30. The van der Waals surface area contributed by atoms with Crippen LogP contribution < -0.4 is 0 Å². The zero-order valence-electron chi connectivity index (χ0n) is 14.8. The summed E-state index contributed by atoms with van der Waals surface area (Å²) in [5.41, 5.74) is 1.02. The number of hydrogen-bond donors (Lipinski definition) is 0. The normalized spacial score (nSPS) is 14.6. The highest BCUT2D eigenvalue weighted by molar-refractivity contribution is 5.91. The van der Waals surface area contributed by atoms with Gasteiger partial charge in [0.2, 0.25) is 0 Å². The van der Waals surface area contributed by atoms with E-state index in [1.54, 1.807) is 29.2 Å². The molecule has 10 heteroatoms. The Labute approximate surface area is 155 Å². The molecular formula is C17H19N5O5. The molecule has 2 aromatic rings. The average Bonchev–Trinajstić information content (AvgIpc) is 3.26. The largest absolute Gasteiger partial charge is 0.469 e. The van der Waals surface area contributed by atoms with Gasteiger partial charge in [-0.2, -0.15) is 0 Å². The molecule has 0 bridgehead atoms. The molecule has 0 radical (unpaired) electrons. The monoisotopic (exact) mass is 373 g/mol. The zero-order chi connectivity index (χ0) is 19.2. The van der Waals surface area contributed by atoms with Crippen molar-refractivity contribution in [1.29, 1.82) is 0 Å². The van der Waals surface area contributed by atoms with Crippen LogP contribution in [0.2, 0.25) is 0 Å². The van der Waals surface area contributed by atoms with Crippen LogP contribution in [0.3, 0.4) is 0 Å². The predicted molar refractivity (Wildman–Crippen MR) is 90.8 cm³/mol. The van der Waals surface area contributed by atoms with Crippen molar-refractivity contribution in [3.05, 3.63) is 36.2 Å². The van der Waals surface area contributed by atoms with Gasteiger partial charge in [-0.05, 0) is 47.5 Å². The maximum atomic E-state index is 12.2. The van der Waals surface area contributed by atoms with E-state index >= 15 is 0 Å². The fraction of sp³-hybridized carbons (Fsp3) is 0.412. The minimum Gasteiger partial charge on any atom is -0.469 e. The topological polar surface area (TPSA) is 117 Å². The van der Waals surface area contributed by atoms with E-state index in [2.05, 4.69) is 15.5 Å². The Morgan fingerprint density at radius 1 is 1.15 bits per heavy atom. The first-order valence-electron chi connectivity index (χ1n) is 8.44. The highest BCUT2D eigenvalue weighted by Gasteiger charge is 2.28. The standard InChI is InChI=1S/C17H19N5O5/c1-26-16(24)13-6-8-21(9-7-13)15(23)10-27-17(25)12-2-4-14(5-3-12)22-11-18-19-20-22/h2-5,11,13H,6-10H2,1H3. The smallest absolute Gasteiger partial charge is 0.338 e. The number of aromatic nitrogens is 4. The predicted octanol–water partition coefficient (Wildman–Crippen LogP) is 0.231. The van der Waals surface area contributed by atoms with Gasteiger partial charge in [0.1, 0.15) is 6.33 Å². The SMILES string of the molecule is COC(=O)C1CCN(C(=O)COC(=O)c2ccc(-n3cnnn3)cc2)CC1. The molecule has 2 heterocycles. The Kier molecular flexibility index (Phi) is 5.74. The lowest BCUT2D eigenvalue weighted by Crippen LogP contribution is -2.42. The Bertz CT molecular complexity index is 798. The molecule has 0 atom stereocenters. The maximum absolute atomic E-state index is 12.2. The van der Waals surface area contributed by atoms with Crippen molar-refractivity contribution in [1.82, 2.24) is 25.1 Å². The number of methoxy groups -OCH3 is 1. The molecule has 0 saturated carbocycles. The lowest BCUT2D eigenvalue weighted by Gasteiger charge is -2.30. The number of nitrogens with zero attached hydrogens (tertiary/aromatic N) is 5. The lowest BCUT2D eigenvalue weighted by molar-refractivity contribution is -0.149. The van der Waals surface area contributed by atoms with E-state index in [1.807, 2.05) is 0 Å². The van der Waals surface area contributed by atoms with Gasteiger partial charge >= 0.3 is 11.9 Å². The van der Waals surface area contributed by atoms with Gasteiger partial charge < -0.3 is 14.4 Å². The minimum absolute atomic E-state index is 0.180. The van der Waals surface area contributed by atoms with Crippen LogP contribution in [-0.2, 0) is 19.1 Å². The van der Waals surface area contributed by atoms with Gasteiger partial charge in [0.05, 0.1) is 24.3 Å². The summed E-state index contributed by atoms with van der Waals surface area (Å²) in [5, 5.41) is 10.8. The molecule has 1 saturated heterocycles. The maximum Gasteiger partial charge on any atom is 0.338 e. The molecule has 1 aliphatic heterocycles. The summed E-state index contributed by atoms with van der Waals surface area (Å²) < 4.78 is 11.3. The van der Waals surface area contributed by atoms with E-state index in [0.717, 1.165) is 0 Å². The number of carbonyl (C=O) groups excluding carboxylic acids is 3. The molecule has 0 unspecified atom stereocenters. The van der Waals surface area contributed by atoms with Crippen LogP contribution in [0.15, 0.2) is 30.6 Å². The first-order valence-corrected chi connectivity index (χ1v) is 8.44. The molecule has 10 nitrogen and oxygen atoms in total. The number of likely N-dealkylation sites (tertiary alicyclic amines) is 1. The quantitative estimate of drug-likeness (QED) is 0.684. The highest BCUT2D eigenvalue weighted by Crippen LogP contribution is 2.18. The highest BCUT2D eigenvalue weighted by atomic mass is 16.5. The summed E-state index contributed by atoms with van der Waals surface area (Å²) in [7, 11) is 1.36. The summed E-state index contributed by atoms with van der Waals surface area (Å²) in [6.07, 6.45) is 2.53. The molecule has 0 aliphatic carbocycles. The van der Waals surface area contributed by atoms with Crippen molar-refractivity contribution in [3.63, 3.8) is 0 Å². The summed E-state index contributed by atoms with van der Waals surface area (Å²) in [6.45, 7) is 0.546. The first-order chi connectivity index (χ1) is 13.1. The third-order valence-electron chi connectivity index (χ3n) is 4.43. The average molecular weight is 373 g/mol. The number of ether oxygens (including phenoxy) is 2. The van der Waals surface area contributed by atoms with Crippen molar-refractivity contribution < 1.29 is 23.9 Å². The van der Waals surface area contributed by atoms with Crippen molar-refractivity contribution in [2.75, 3.05) is 26.8 Å². The van der Waals surface area contributed by atoms with Crippen molar-refractivity contribution >= 4 is 17.8 Å². The van der Waals surface area contributed by atoms with Crippen LogP contribution in [0.25, 0.3) is 5.69 Å². The molecule has 1 aromatic heterocycles. The number of tetrazole rings is 1. The van der Waals surface area contributed by atoms with Crippen LogP contribution >= 0.6 is 0 Å². The first kappa shape index (κ1) is 18.5. The number of benzene rings is 1. The molecule has 3 rings (SSSR count). The number of piperidine rings is 1. The fourth-order valence-corrected chi connectivity index (χ4v) is 2.86. The molecule has 1 aromatic carbocycles. The van der Waals surface area contributed by atoms with Crippen LogP contribution in [0.1, 0.15) is 23.2 Å². The van der Waals surface area contributed by atoms with Gasteiger partial charge in [-0.1, -0.05) is 0 Å². The van der Waals surface area contributed by atoms with E-state index in [4.69, 9.17) is 9.47 Å². The third kappa shape index (κ3) is 4.46. The molecule has 1 fully saturated rings. The van der Waals surface area contributed by atoms with E-state index in [-0.39, 0.29) is 24.4 Å². The van der Waals surface area contributed by atoms with E-state index in [9.17, 15) is 14.4 Å². The molecule has 1 amide bonds. The number of hydrogen-bond acceptors (Lipinski definition) is 8. The molecular weight excluding hydrogens is 354 g/mol. The lowest BCUT2D eigenvalue weighted by atomic mass is 9.97. The van der Waals surface area contributed by atoms with Gasteiger partial charge in [-0.15, -0.1) is 5.10 Å². The van der Waals surface area contributed by atoms with Crippen LogP contribution in [0, 0.1) is 5.92 Å². The van der Waals surface area contributed by atoms with Crippen LogP contribution in [-0.4, -0.2) is 69.8 Å². The minimum atomic E-state index is -0.587. The Morgan fingerprint density at radius 2 is 1.85 bits per heavy atom. The Hall–Kier alpha value is -3.30. The summed E-state index contributed by atoms with van der Waals surface area (Å²) in [4.78, 5) is 37.4. The van der Waals surface area contributed by atoms with E-state index < -0.39 is 5.97 Å². The zero-order valence-corrected chi connectivity index (χ0v) is 14.8. The van der Waals surface area contributed by atoms with Gasteiger partial charge in [0.25, 0.3) is 5.91 Å². The number of carbonyl (C=O) groups is 3. The molecule has 27 heavy (non-hydrogen) atoms. The van der Waals surface area contributed by atoms with Crippen LogP contribution in [0.5, 0.6) is 0 Å². The number of esters is 2. The molecule has 142 valence electrons. The van der Waals surface area contributed by atoms with Gasteiger partial charge in [0, 0.05) is 13.1 Å². The molecule has 0 N–H and O–H groups in total. The van der Waals surface area contributed by atoms with Gasteiger partial charge in [-0.25, -0.2) is 9.48 Å². The van der Waals surface area contributed by atoms with E-state index in [0.29, 0.717) is 37.2 Å². The number of rotatable bonds is 5.